The Morgan fingerprint density at radius 2 is 1.78 bits per heavy atom. The molecule has 0 aliphatic carbocycles. The molecule has 0 fully saturated rings. The van der Waals surface area contributed by atoms with Crippen LogP contribution in [0.4, 0.5) is 23.7 Å². The van der Waals surface area contributed by atoms with Crippen LogP contribution in [0.2, 0.25) is 0 Å². The molecule has 0 saturated heterocycles. The number of nitrogens with one attached hydrogen (secondary N) is 2. The fourth-order valence-corrected chi connectivity index (χ4v) is 1.30. The summed E-state index contributed by atoms with van der Waals surface area (Å²) in [5.41, 5.74) is -1.87. The number of anilines is 1. The Morgan fingerprint density at radius 3 is 2.26 bits per heavy atom. The molecule has 0 aliphatic rings. The van der Waals surface area contributed by atoms with Gasteiger partial charge in [-0.2, -0.15) is 13.2 Å². The van der Waals surface area contributed by atoms with Gasteiger partial charge >= 0.3 is 18.2 Å². The second-order valence-corrected chi connectivity index (χ2v) is 4.81. The molecule has 0 radical (unpaired) electrons. The highest BCUT2D eigenvalue weighted by molar-refractivity contribution is 5.90. The Bertz CT molecular complexity index is 558. The summed E-state index contributed by atoms with van der Waals surface area (Å²) >= 11 is 0. The summed E-state index contributed by atoms with van der Waals surface area (Å²) < 4.78 is 40.4. The van der Waals surface area contributed by atoms with Gasteiger partial charge in [-0.1, -0.05) is 0 Å². The minimum atomic E-state index is -4.45. The van der Waals surface area contributed by atoms with E-state index >= 15 is 0 Å². The lowest BCUT2D eigenvalue weighted by molar-refractivity contribution is -0.155. The highest BCUT2D eigenvalue weighted by Crippen LogP contribution is 2.20. The number of carbonyl (C=O) groups is 2. The molecule has 0 aliphatic heterocycles. The molecule has 4 N–H and O–H groups in total. The molecule has 0 spiro atoms. The normalized spacial score (nSPS) is 13.8. The van der Waals surface area contributed by atoms with Gasteiger partial charge in [0.15, 0.2) is 12.2 Å². The van der Waals surface area contributed by atoms with Crippen LogP contribution in [0.3, 0.4) is 0 Å². The molecular weight excluding hydrogens is 321 g/mol. The summed E-state index contributed by atoms with van der Waals surface area (Å²) in [5, 5.41) is 22.6. The molecule has 1 rings (SSSR count). The molecule has 0 saturated carbocycles. The van der Waals surface area contributed by atoms with E-state index < -0.39 is 36.9 Å². The number of hydrogen-bond acceptors (Lipinski definition) is 4. The van der Waals surface area contributed by atoms with Gasteiger partial charge in [0.25, 0.3) is 0 Å². The molecule has 0 aromatic heterocycles. The van der Waals surface area contributed by atoms with Gasteiger partial charge in [-0.05, 0) is 31.2 Å². The number of amides is 2. The van der Waals surface area contributed by atoms with Crippen molar-refractivity contribution in [3.8, 4) is 5.75 Å². The standard InChI is InChI=1S/C13H15F3N2O5/c1-12(22,10(19)20)6-17-11(21)18-8-2-4-9(5-3-8)23-7-13(14,15)16/h2-5,22H,6-7H2,1H3,(H,19,20)(H2,17,18,21). The monoisotopic (exact) mass is 336 g/mol. The smallest absolute Gasteiger partial charge is 0.422 e. The van der Waals surface area contributed by atoms with Crippen LogP contribution in [-0.2, 0) is 4.79 Å². The lowest BCUT2D eigenvalue weighted by Crippen LogP contribution is -2.47. The number of aliphatic carboxylic acids is 1. The fourth-order valence-electron chi connectivity index (χ4n) is 1.30. The van der Waals surface area contributed by atoms with Gasteiger partial charge in [0.1, 0.15) is 5.75 Å². The molecule has 128 valence electrons. The topological polar surface area (TPSA) is 108 Å². The Kier molecular flexibility index (Phi) is 5.79. The summed E-state index contributed by atoms with van der Waals surface area (Å²) in [7, 11) is 0. The number of halogens is 3. The maximum atomic E-state index is 12.0. The maximum absolute atomic E-state index is 12.0. The van der Waals surface area contributed by atoms with Crippen molar-refractivity contribution in [2.45, 2.75) is 18.7 Å². The third-order valence-corrected chi connectivity index (χ3v) is 2.57. The molecule has 0 heterocycles. The van der Waals surface area contributed by atoms with Gasteiger partial charge in [-0.25, -0.2) is 9.59 Å². The average Bonchev–Trinajstić information content (AvgIpc) is 2.43. The molecule has 7 nitrogen and oxygen atoms in total. The van der Waals surface area contributed by atoms with Crippen molar-refractivity contribution in [1.29, 1.82) is 0 Å². The van der Waals surface area contributed by atoms with Crippen LogP contribution < -0.4 is 15.4 Å². The second-order valence-electron chi connectivity index (χ2n) is 4.81. The third kappa shape index (κ3) is 6.87. The molecule has 10 heteroatoms. The number of benzene rings is 1. The lowest BCUT2D eigenvalue weighted by Gasteiger charge is -2.18. The van der Waals surface area contributed by atoms with Crippen molar-refractivity contribution >= 4 is 17.7 Å². The van der Waals surface area contributed by atoms with Crippen molar-refractivity contribution in [1.82, 2.24) is 5.32 Å². The van der Waals surface area contributed by atoms with Gasteiger partial charge in [-0.15, -0.1) is 0 Å². The summed E-state index contributed by atoms with van der Waals surface area (Å²) in [6.45, 7) is -0.937. The van der Waals surface area contributed by atoms with Crippen LogP contribution in [0.25, 0.3) is 0 Å². The van der Waals surface area contributed by atoms with Crippen LogP contribution in [0.5, 0.6) is 5.75 Å². The number of urea groups is 1. The SMILES string of the molecule is CC(O)(CNC(=O)Nc1ccc(OCC(F)(F)F)cc1)C(=O)O. The van der Waals surface area contributed by atoms with E-state index in [9.17, 15) is 27.9 Å². The fraction of sp³-hybridized carbons (Fsp3) is 0.385. The third-order valence-electron chi connectivity index (χ3n) is 2.57. The average molecular weight is 336 g/mol. The van der Waals surface area contributed by atoms with Gasteiger partial charge in [-0.3, -0.25) is 0 Å². The second kappa shape index (κ2) is 7.18. The van der Waals surface area contributed by atoms with Crippen LogP contribution in [0, 0.1) is 0 Å². The number of carbonyl (C=O) groups excluding carboxylic acids is 1. The minimum absolute atomic E-state index is 0.0258. The number of carboxylic acids is 1. The van der Waals surface area contributed by atoms with E-state index in [1.807, 2.05) is 0 Å². The Morgan fingerprint density at radius 1 is 1.22 bits per heavy atom. The van der Waals surface area contributed by atoms with E-state index in [2.05, 4.69) is 15.4 Å². The molecule has 23 heavy (non-hydrogen) atoms. The summed E-state index contributed by atoms with van der Waals surface area (Å²) in [6, 6.07) is 4.29. The molecular formula is C13H15F3N2O5. The minimum Gasteiger partial charge on any atom is -0.484 e. The van der Waals surface area contributed by atoms with E-state index in [4.69, 9.17) is 5.11 Å². The first kappa shape index (κ1) is 18.6. The van der Waals surface area contributed by atoms with Crippen LogP contribution in [-0.4, -0.2) is 47.1 Å². The van der Waals surface area contributed by atoms with Crippen molar-refractivity contribution < 1.29 is 37.7 Å². The van der Waals surface area contributed by atoms with Gasteiger partial charge < -0.3 is 25.6 Å². The van der Waals surface area contributed by atoms with E-state index in [1.165, 1.54) is 24.3 Å². The van der Waals surface area contributed by atoms with Crippen molar-refractivity contribution in [2.24, 2.45) is 0 Å². The highest BCUT2D eigenvalue weighted by atomic mass is 19.4. The zero-order valence-electron chi connectivity index (χ0n) is 12.0. The first-order valence-corrected chi connectivity index (χ1v) is 6.30. The molecule has 1 aromatic carbocycles. The largest absolute Gasteiger partial charge is 0.484 e. The maximum Gasteiger partial charge on any atom is 0.422 e. The quantitative estimate of drug-likeness (QED) is 0.631. The van der Waals surface area contributed by atoms with Gasteiger partial charge in [0, 0.05) is 5.69 Å². The predicted octanol–water partition coefficient (Wildman–Crippen LogP) is 1.58. The van der Waals surface area contributed by atoms with Crippen molar-refractivity contribution in [3.05, 3.63) is 24.3 Å². The Hall–Kier alpha value is -2.49. The molecule has 1 aromatic rings. The zero-order chi connectivity index (χ0) is 17.7. The molecule has 0 bridgehead atoms. The number of carboxylic acid groups (broad SMARTS) is 1. The lowest BCUT2D eigenvalue weighted by atomic mass is 10.1. The number of ether oxygens (including phenoxy) is 1. The summed E-state index contributed by atoms with van der Waals surface area (Å²) in [5.74, 6) is -1.52. The summed E-state index contributed by atoms with van der Waals surface area (Å²) in [6.07, 6.45) is -4.45. The van der Waals surface area contributed by atoms with Crippen molar-refractivity contribution in [3.63, 3.8) is 0 Å². The molecule has 1 unspecified atom stereocenters. The van der Waals surface area contributed by atoms with E-state index in [0.29, 0.717) is 0 Å². The van der Waals surface area contributed by atoms with E-state index in [1.54, 1.807) is 0 Å². The molecule has 1 atom stereocenters. The van der Waals surface area contributed by atoms with Crippen LogP contribution in [0.1, 0.15) is 6.92 Å². The number of alkyl halides is 3. The number of rotatable bonds is 6. The van der Waals surface area contributed by atoms with Crippen molar-refractivity contribution in [2.75, 3.05) is 18.5 Å². The van der Waals surface area contributed by atoms with E-state index in [0.717, 1.165) is 6.92 Å². The van der Waals surface area contributed by atoms with E-state index in [-0.39, 0.29) is 11.4 Å². The highest BCUT2D eigenvalue weighted by Gasteiger charge is 2.30. The Balaban J connectivity index is 2.48. The number of hydrogen-bond donors (Lipinski definition) is 4. The zero-order valence-corrected chi connectivity index (χ0v) is 12.0. The first-order valence-electron chi connectivity index (χ1n) is 6.30. The Labute approximate surface area is 129 Å². The van der Waals surface area contributed by atoms with Crippen LogP contribution in [0.15, 0.2) is 24.3 Å². The number of aliphatic hydroxyl groups is 1. The predicted molar refractivity (Wildman–Crippen MR) is 73.3 cm³/mol. The first-order chi connectivity index (χ1) is 10.5. The van der Waals surface area contributed by atoms with Gasteiger partial charge in [0.05, 0.1) is 6.54 Å². The molecule has 2 amide bonds. The summed E-state index contributed by atoms with van der Waals surface area (Å²) in [4.78, 5) is 22.2. The van der Waals surface area contributed by atoms with Gasteiger partial charge in [0.2, 0.25) is 0 Å². The van der Waals surface area contributed by atoms with Crippen LogP contribution >= 0.6 is 0 Å².